The van der Waals surface area contributed by atoms with E-state index < -0.39 is 23.0 Å². The number of nitro groups is 1. The molecule has 19 heavy (non-hydrogen) atoms. The molecule has 0 bridgehead atoms. The molecule has 2 unspecified atom stereocenters. The summed E-state index contributed by atoms with van der Waals surface area (Å²) in [4.78, 5) is 22.9. The molecule has 2 atom stereocenters. The van der Waals surface area contributed by atoms with Crippen LogP contribution in [0.3, 0.4) is 0 Å². The number of benzene rings is 1. The van der Waals surface area contributed by atoms with Crippen LogP contribution < -0.4 is 10.6 Å². The van der Waals surface area contributed by atoms with Crippen LogP contribution in [-0.2, 0) is 0 Å². The highest BCUT2D eigenvalue weighted by molar-refractivity contribution is 5.94. The normalized spacial score (nSPS) is 22.5. The number of rotatable bonds is 3. The van der Waals surface area contributed by atoms with E-state index in [4.69, 9.17) is 5.73 Å². The number of β-amino-alcohol motifs (C(OH)–C–C–N with tert-alkyl or cyclic N) is 2. The van der Waals surface area contributed by atoms with Crippen molar-refractivity contribution in [3.8, 4) is 0 Å². The highest BCUT2D eigenvalue weighted by Crippen LogP contribution is 2.31. The van der Waals surface area contributed by atoms with Gasteiger partial charge in [-0.2, -0.15) is 0 Å². The number of primary amides is 1. The molecule has 1 fully saturated rings. The lowest BCUT2D eigenvalue weighted by atomic mass is 10.1. The summed E-state index contributed by atoms with van der Waals surface area (Å²) >= 11 is 0. The fourth-order valence-corrected chi connectivity index (χ4v) is 2.05. The Labute approximate surface area is 108 Å². The molecular formula is C11H13N3O5. The first-order valence-corrected chi connectivity index (χ1v) is 5.59. The number of anilines is 1. The molecule has 102 valence electrons. The van der Waals surface area contributed by atoms with Crippen molar-refractivity contribution in [2.24, 2.45) is 5.73 Å². The van der Waals surface area contributed by atoms with Crippen molar-refractivity contribution in [3.63, 3.8) is 0 Å². The number of nitrogens with zero attached hydrogens (tertiary/aromatic N) is 2. The maximum Gasteiger partial charge on any atom is 0.292 e. The van der Waals surface area contributed by atoms with Crippen LogP contribution >= 0.6 is 0 Å². The van der Waals surface area contributed by atoms with Gasteiger partial charge in [0, 0.05) is 24.7 Å². The van der Waals surface area contributed by atoms with Gasteiger partial charge >= 0.3 is 0 Å². The van der Waals surface area contributed by atoms with Gasteiger partial charge in [-0.15, -0.1) is 0 Å². The number of amides is 1. The van der Waals surface area contributed by atoms with E-state index in [0.29, 0.717) is 0 Å². The Morgan fingerprint density at radius 1 is 1.37 bits per heavy atom. The summed E-state index contributed by atoms with van der Waals surface area (Å²) in [7, 11) is 0. The number of hydrogen-bond acceptors (Lipinski definition) is 6. The van der Waals surface area contributed by atoms with Gasteiger partial charge in [0.15, 0.2) is 0 Å². The van der Waals surface area contributed by atoms with Crippen molar-refractivity contribution in [3.05, 3.63) is 33.9 Å². The van der Waals surface area contributed by atoms with E-state index in [2.05, 4.69) is 0 Å². The van der Waals surface area contributed by atoms with E-state index >= 15 is 0 Å². The van der Waals surface area contributed by atoms with Gasteiger partial charge in [-0.25, -0.2) is 0 Å². The number of hydrogen-bond donors (Lipinski definition) is 3. The minimum absolute atomic E-state index is 0.0597. The Hall–Kier alpha value is -2.19. The van der Waals surface area contributed by atoms with E-state index in [1.807, 2.05) is 0 Å². The molecule has 1 aliphatic heterocycles. The number of nitrogens with two attached hydrogens (primary N) is 1. The van der Waals surface area contributed by atoms with Crippen LogP contribution in [0.4, 0.5) is 11.4 Å². The quantitative estimate of drug-likeness (QED) is 0.487. The van der Waals surface area contributed by atoms with E-state index in [-0.39, 0.29) is 30.0 Å². The molecule has 8 heteroatoms. The van der Waals surface area contributed by atoms with Gasteiger partial charge in [0.1, 0.15) is 5.69 Å². The molecule has 0 radical (unpaired) electrons. The van der Waals surface area contributed by atoms with Crippen LogP contribution in [0.2, 0.25) is 0 Å². The predicted molar refractivity (Wildman–Crippen MR) is 65.8 cm³/mol. The first kappa shape index (κ1) is 13.2. The molecule has 1 aromatic rings. The summed E-state index contributed by atoms with van der Waals surface area (Å²) < 4.78 is 0. The zero-order valence-electron chi connectivity index (χ0n) is 9.89. The molecule has 4 N–H and O–H groups in total. The third kappa shape index (κ3) is 2.49. The Kier molecular flexibility index (Phi) is 3.36. The molecule has 1 heterocycles. The Morgan fingerprint density at radius 3 is 2.42 bits per heavy atom. The lowest BCUT2D eigenvalue weighted by Crippen LogP contribution is -2.23. The maximum absolute atomic E-state index is 11.1. The number of carbonyl (C=O) groups excluding carboxylic acids is 1. The van der Waals surface area contributed by atoms with Gasteiger partial charge in [-0.3, -0.25) is 14.9 Å². The third-order valence-electron chi connectivity index (χ3n) is 3.06. The molecule has 1 aromatic carbocycles. The second-order valence-corrected chi connectivity index (χ2v) is 4.36. The van der Waals surface area contributed by atoms with Gasteiger partial charge in [0.25, 0.3) is 5.69 Å². The first-order chi connectivity index (χ1) is 8.90. The average molecular weight is 267 g/mol. The standard InChI is InChI=1S/C11H13N3O5/c12-11(17)6-1-2-7(14(18)19)8(3-6)13-4-9(15)10(16)5-13/h1-3,9-10,15-16H,4-5H2,(H2,12,17). The van der Waals surface area contributed by atoms with Crippen LogP contribution in [0.5, 0.6) is 0 Å². The Morgan fingerprint density at radius 2 is 1.95 bits per heavy atom. The topological polar surface area (TPSA) is 130 Å². The van der Waals surface area contributed by atoms with Gasteiger partial charge in [0.05, 0.1) is 17.1 Å². The van der Waals surface area contributed by atoms with Crippen molar-refractivity contribution in [2.45, 2.75) is 12.2 Å². The summed E-state index contributed by atoms with van der Waals surface area (Å²) in [6.07, 6.45) is -1.95. The molecule has 1 saturated heterocycles. The smallest absolute Gasteiger partial charge is 0.292 e. The molecule has 0 aromatic heterocycles. The summed E-state index contributed by atoms with van der Waals surface area (Å²) in [6.45, 7) is 0.119. The Bertz CT molecular complexity index is 523. The van der Waals surface area contributed by atoms with Crippen LogP contribution in [0.15, 0.2) is 18.2 Å². The van der Waals surface area contributed by atoms with Gasteiger partial charge < -0.3 is 20.8 Å². The lowest BCUT2D eigenvalue weighted by Gasteiger charge is -2.18. The first-order valence-electron chi connectivity index (χ1n) is 5.59. The lowest BCUT2D eigenvalue weighted by molar-refractivity contribution is -0.384. The van der Waals surface area contributed by atoms with Crippen molar-refractivity contribution < 1.29 is 19.9 Å². The number of carbonyl (C=O) groups is 1. The second kappa shape index (κ2) is 4.82. The highest BCUT2D eigenvalue weighted by atomic mass is 16.6. The van der Waals surface area contributed by atoms with Crippen molar-refractivity contribution in [1.82, 2.24) is 0 Å². The van der Waals surface area contributed by atoms with E-state index in [1.54, 1.807) is 0 Å². The fourth-order valence-electron chi connectivity index (χ4n) is 2.05. The molecule has 0 aliphatic carbocycles. The summed E-state index contributed by atoms with van der Waals surface area (Å²) in [6, 6.07) is 3.75. The largest absolute Gasteiger partial charge is 0.389 e. The molecule has 1 amide bonds. The minimum Gasteiger partial charge on any atom is -0.389 e. The second-order valence-electron chi connectivity index (χ2n) is 4.36. The SMILES string of the molecule is NC(=O)c1ccc([N+](=O)[O-])c(N2CC(O)C(O)C2)c1. The zero-order valence-corrected chi connectivity index (χ0v) is 9.89. The van der Waals surface area contributed by atoms with Crippen LogP contribution in [0, 0.1) is 10.1 Å². The monoisotopic (exact) mass is 267 g/mol. The van der Waals surface area contributed by atoms with Crippen LogP contribution in [-0.4, -0.2) is 46.3 Å². The molecular weight excluding hydrogens is 254 g/mol. The number of aliphatic hydroxyl groups excluding tert-OH is 2. The minimum atomic E-state index is -0.975. The highest BCUT2D eigenvalue weighted by Gasteiger charge is 2.33. The van der Waals surface area contributed by atoms with Gasteiger partial charge in [-0.05, 0) is 12.1 Å². The van der Waals surface area contributed by atoms with Crippen molar-refractivity contribution in [1.29, 1.82) is 0 Å². The molecule has 2 rings (SSSR count). The van der Waals surface area contributed by atoms with E-state index in [9.17, 15) is 25.1 Å². The molecule has 0 spiro atoms. The maximum atomic E-state index is 11.1. The van der Waals surface area contributed by atoms with E-state index in [1.165, 1.54) is 23.1 Å². The van der Waals surface area contributed by atoms with E-state index in [0.717, 1.165) is 0 Å². The van der Waals surface area contributed by atoms with Gasteiger partial charge in [0.2, 0.25) is 5.91 Å². The third-order valence-corrected chi connectivity index (χ3v) is 3.06. The molecule has 0 saturated carbocycles. The molecule has 8 nitrogen and oxygen atoms in total. The Balaban J connectivity index is 2.44. The van der Waals surface area contributed by atoms with Gasteiger partial charge in [-0.1, -0.05) is 0 Å². The molecule has 1 aliphatic rings. The fraction of sp³-hybridized carbons (Fsp3) is 0.364. The zero-order chi connectivity index (χ0) is 14.2. The van der Waals surface area contributed by atoms with Crippen molar-refractivity contribution in [2.75, 3.05) is 18.0 Å². The summed E-state index contributed by atoms with van der Waals surface area (Å²) in [5, 5.41) is 29.9. The summed E-state index contributed by atoms with van der Waals surface area (Å²) in [5.74, 6) is -0.698. The van der Waals surface area contributed by atoms with Crippen molar-refractivity contribution >= 4 is 17.3 Å². The average Bonchev–Trinajstić information content (AvgIpc) is 2.68. The predicted octanol–water partition coefficient (Wildman–Crippen LogP) is -0.765. The van der Waals surface area contributed by atoms with Crippen LogP contribution in [0.25, 0.3) is 0 Å². The number of aliphatic hydroxyl groups is 2. The number of nitro benzene ring substituents is 1. The summed E-state index contributed by atoms with van der Waals surface area (Å²) in [5.41, 5.74) is 5.23. The van der Waals surface area contributed by atoms with Crippen LogP contribution in [0.1, 0.15) is 10.4 Å².